The van der Waals surface area contributed by atoms with Crippen LogP contribution in [0.5, 0.6) is 0 Å². The molecule has 0 aliphatic heterocycles. The predicted octanol–water partition coefficient (Wildman–Crippen LogP) is 5.50. The van der Waals surface area contributed by atoms with E-state index < -0.39 is 0 Å². The Kier molecular flexibility index (Phi) is 3.53. The first-order valence-corrected chi connectivity index (χ1v) is 8.59. The maximum Gasteiger partial charge on any atom is 0.127 e. The first-order chi connectivity index (χ1) is 10.6. The zero-order valence-electron chi connectivity index (χ0n) is 11.0. The van der Waals surface area contributed by atoms with Crippen molar-refractivity contribution in [3.8, 4) is 0 Å². The van der Waals surface area contributed by atoms with Crippen molar-refractivity contribution in [2.75, 3.05) is 0 Å². The lowest BCUT2D eigenvalue weighted by atomic mass is 10.3. The van der Waals surface area contributed by atoms with Crippen LogP contribution in [0.4, 0.5) is 0 Å². The number of benzene rings is 2. The molecule has 0 fully saturated rings. The summed E-state index contributed by atoms with van der Waals surface area (Å²) < 4.78 is 1.14. The van der Waals surface area contributed by atoms with Gasteiger partial charge in [0, 0.05) is 0 Å². The highest BCUT2D eigenvalue weighted by atomic mass is 35.5. The van der Waals surface area contributed by atoms with Crippen LogP contribution in [0.25, 0.3) is 21.3 Å². The molecule has 0 amide bonds. The van der Waals surface area contributed by atoms with Gasteiger partial charge >= 0.3 is 0 Å². The quantitative estimate of drug-likeness (QED) is 0.460. The van der Waals surface area contributed by atoms with Crippen molar-refractivity contribution >= 4 is 68.4 Å². The summed E-state index contributed by atoms with van der Waals surface area (Å²) in [6.07, 6.45) is 0. The lowest BCUT2D eigenvalue weighted by molar-refractivity contribution is 1.01. The van der Waals surface area contributed by atoms with E-state index in [1.54, 1.807) is 23.5 Å². The summed E-state index contributed by atoms with van der Waals surface area (Å²) in [6, 6.07) is 11.5. The van der Waals surface area contributed by atoms with E-state index in [1.165, 1.54) is 0 Å². The molecule has 2 heterocycles. The second-order valence-corrected chi connectivity index (χ2v) is 7.22. The molecule has 1 unspecified atom stereocenters. The Labute approximate surface area is 145 Å². The first kappa shape index (κ1) is 14.3. The van der Waals surface area contributed by atoms with Crippen LogP contribution in [0.3, 0.4) is 0 Å². The van der Waals surface area contributed by atoms with Crippen LogP contribution < -0.4 is 0 Å². The smallest absolute Gasteiger partial charge is 0.127 e. The first-order valence-electron chi connectivity index (χ1n) is 6.50. The Morgan fingerprint density at radius 3 is 2.64 bits per heavy atom. The van der Waals surface area contributed by atoms with Crippen molar-refractivity contribution in [2.24, 2.45) is 0 Å². The van der Waals surface area contributed by atoms with E-state index in [0.29, 0.717) is 10.0 Å². The standard InChI is InChI=1S/C15H9Cl2N3S2/c16-7-5-10-11(6-8(7)17)19-14(18-10)13(21)15-20-9-3-1-2-4-12(9)22-15/h1-6,13,21H,(H,18,19). The summed E-state index contributed by atoms with van der Waals surface area (Å²) in [5.41, 5.74) is 2.58. The monoisotopic (exact) mass is 365 g/mol. The molecule has 0 bridgehead atoms. The second kappa shape index (κ2) is 5.42. The van der Waals surface area contributed by atoms with E-state index in [4.69, 9.17) is 23.2 Å². The lowest BCUT2D eigenvalue weighted by Gasteiger charge is -2.02. The molecule has 4 rings (SSSR count). The Morgan fingerprint density at radius 2 is 1.82 bits per heavy atom. The number of nitrogens with zero attached hydrogens (tertiary/aromatic N) is 2. The highest BCUT2D eigenvalue weighted by Crippen LogP contribution is 2.34. The van der Waals surface area contributed by atoms with Crippen molar-refractivity contribution < 1.29 is 0 Å². The fourth-order valence-electron chi connectivity index (χ4n) is 2.28. The molecule has 110 valence electrons. The van der Waals surface area contributed by atoms with Gasteiger partial charge in [0.05, 0.1) is 31.3 Å². The van der Waals surface area contributed by atoms with Gasteiger partial charge in [0.15, 0.2) is 0 Å². The van der Waals surface area contributed by atoms with Crippen molar-refractivity contribution in [3.05, 3.63) is 57.3 Å². The Morgan fingerprint density at radius 1 is 1.05 bits per heavy atom. The molecule has 2 aromatic carbocycles. The highest BCUT2D eigenvalue weighted by Gasteiger charge is 2.18. The maximum atomic E-state index is 6.04. The van der Waals surface area contributed by atoms with Crippen LogP contribution in [0.1, 0.15) is 16.1 Å². The number of thiol groups is 1. The summed E-state index contributed by atoms with van der Waals surface area (Å²) >= 11 is 18.4. The highest BCUT2D eigenvalue weighted by molar-refractivity contribution is 7.81. The average Bonchev–Trinajstić information content (AvgIpc) is 3.10. The number of fused-ring (bicyclic) bond motifs is 2. The van der Waals surface area contributed by atoms with Crippen LogP contribution in [-0.4, -0.2) is 15.0 Å². The molecule has 0 aliphatic rings. The molecule has 1 atom stereocenters. The molecule has 7 heteroatoms. The zero-order valence-corrected chi connectivity index (χ0v) is 14.3. The summed E-state index contributed by atoms with van der Waals surface area (Å²) in [7, 11) is 0. The molecule has 22 heavy (non-hydrogen) atoms. The topological polar surface area (TPSA) is 41.6 Å². The molecule has 0 spiro atoms. The van der Waals surface area contributed by atoms with Crippen LogP contribution in [-0.2, 0) is 0 Å². The molecule has 0 aliphatic carbocycles. The molecule has 0 radical (unpaired) electrons. The number of halogens is 2. The fourth-order valence-corrected chi connectivity index (χ4v) is 3.90. The van der Waals surface area contributed by atoms with Crippen LogP contribution >= 0.6 is 47.2 Å². The molecule has 2 aromatic heterocycles. The summed E-state index contributed by atoms with van der Waals surface area (Å²) in [4.78, 5) is 12.4. The molecule has 0 saturated heterocycles. The number of aromatic nitrogens is 3. The molecular weight excluding hydrogens is 357 g/mol. The molecular formula is C15H9Cl2N3S2. The third kappa shape index (κ3) is 2.38. The van der Waals surface area contributed by atoms with Gasteiger partial charge in [-0.25, -0.2) is 9.97 Å². The molecule has 1 N–H and O–H groups in total. The Hall–Kier alpha value is -1.27. The van der Waals surface area contributed by atoms with Crippen LogP contribution in [0, 0.1) is 0 Å². The molecule has 3 nitrogen and oxygen atoms in total. The third-order valence-electron chi connectivity index (χ3n) is 3.35. The minimum absolute atomic E-state index is 0.220. The minimum atomic E-state index is -0.220. The predicted molar refractivity (Wildman–Crippen MR) is 96.6 cm³/mol. The van der Waals surface area contributed by atoms with Crippen LogP contribution in [0.2, 0.25) is 10.0 Å². The lowest BCUT2D eigenvalue weighted by Crippen LogP contribution is -1.94. The fraction of sp³-hybridized carbons (Fsp3) is 0.0667. The van der Waals surface area contributed by atoms with Gasteiger partial charge in [-0.2, -0.15) is 12.6 Å². The number of rotatable bonds is 2. The van der Waals surface area contributed by atoms with Crippen molar-refractivity contribution in [2.45, 2.75) is 5.25 Å². The molecule has 4 aromatic rings. The Balaban J connectivity index is 1.79. The average molecular weight is 366 g/mol. The zero-order chi connectivity index (χ0) is 15.3. The molecule has 0 saturated carbocycles. The largest absolute Gasteiger partial charge is 0.341 e. The van der Waals surface area contributed by atoms with Crippen molar-refractivity contribution in [1.29, 1.82) is 0 Å². The van der Waals surface area contributed by atoms with Crippen LogP contribution in [0.15, 0.2) is 36.4 Å². The van der Waals surface area contributed by atoms with Gasteiger partial charge in [-0.3, -0.25) is 0 Å². The van der Waals surface area contributed by atoms with E-state index in [9.17, 15) is 0 Å². The normalized spacial score (nSPS) is 13.0. The number of H-pyrrole nitrogens is 1. The van der Waals surface area contributed by atoms with Crippen molar-refractivity contribution in [1.82, 2.24) is 15.0 Å². The van der Waals surface area contributed by atoms with E-state index >= 15 is 0 Å². The summed E-state index contributed by atoms with van der Waals surface area (Å²) in [5, 5.41) is 1.67. The van der Waals surface area contributed by atoms with Gasteiger partial charge in [-0.15, -0.1) is 11.3 Å². The van der Waals surface area contributed by atoms with Crippen molar-refractivity contribution in [3.63, 3.8) is 0 Å². The number of aromatic amines is 1. The second-order valence-electron chi connectivity index (χ2n) is 4.83. The summed E-state index contributed by atoms with van der Waals surface area (Å²) in [6.45, 7) is 0. The van der Waals surface area contributed by atoms with E-state index in [2.05, 4.69) is 33.6 Å². The number of nitrogens with one attached hydrogen (secondary N) is 1. The number of hydrogen-bond acceptors (Lipinski definition) is 4. The van der Waals surface area contributed by atoms with Gasteiger partial charge in [-0.05, 0) is 24.3 Å². The minimum Gasteiger partial charge on any atom is -0.341 e. The third-order valence-corrected chi connectivity index (χ3v) is 5.83. The summed E-state index contributed by atoms with van der Waals surface area (Å²) in [5.74, 6) is 0.732. The van der Waals surface area contributed by atoms with Gasteiger partial charge in [0.2, 0.25) is 0 Å². The van der Waals surface area contributed by atoms with Gasteiger partial charge in [-0.1, -0.05) is 35.3 Å². The van der Waals surface area contributed by atoms with Gasteiger partial charge in [0.25, 0.3) is 0 Å². The number of hydrogen-bond donors (Lipinski definition) is 2. The van der Waals surface area contributed by atoms with Gasteiger partial charge < -0.3 is 4.98 Å². The van der Waals surface area contributed by atoms with E-state index in [-0.39, 0.29) is 5.25 Å². The van der Waals surface area contributed by atoms with E-state index in [1.807, 2.05) is 18.2 Å². The van der Waals surface area contributed by atoms with E-state index in [0.717, 1.165) is 32.1 Å². The van der Waals surface area contributed by atoms with Gasteiger partial charge in [0.1, 0.15) is 16.1 Å². The SMILES string of the molecule is SC(c1nc2cc(Cl)c(Cl)cc2[nH]1)c1nc2ccccc2s1. The number of imidazole rings is 1. The number of thiazole rings is 1. The maximum absolute atomic E-state index is 6.04. The number of para-hydroxylation sites is 1. The Bertz CT molecular complexity index is 921.